The minimum absolute atomic E-state index is 0.0414. The average molecular weight is 298 g/mol. The standard InChI is InChI=1S/C14H22N2O3S/c1-16(2)7-8-20-10-14(17)15-12-9-11(18-3)5-6-13(12)19-4/h5-6,9H,7-8,10H2,1-4H3,(H,15,17). The van der Waals surface area contributed by atoms with Crippen LogP contribution in [0.2, 0.25) is 0 Å². The van der Waals surface area contributed by atoms with E-state index in [0.717, 1.165) is 12.3 Å². The lowest BCUT2D eigenvalue weighted by molar-refractivity contribution is -0.113. The molecular formula is C14H22N2O3S. The molecule has 6 heteroatoms. The van der Waals surface area contributed by atoms with Crippen LogP contribution in [0, 0.1) is 0 Å². The van der Waals surface area contributed by atoms with Crippen LogP contribution in [0.25, 0.3) is 0 Å². The van der Waals surface area contributed by atoms with E-state index in [2.05, 4.69) is 10.2 Å². The zero-order chi connectivity index (χ0) is 15.0. The van der Waals surface area contributed by atoms with Gasteiger partial charge in [0.05, 0.1) is 25.7 Å². The number of thioether (sulfide) groups is 1. The molecule has 112 valence electrons. The molecule has 0 aliphatic carbocycles. The number of anilines is 1. The molecule has 1 N–H and O–H groups in total. The number of ether oxygens (including phenoxy) is 2. The van der Waals surface area contributed by atoms with Crippen molar-refractivity contribution in [3.63, 3.8) is 0 Å². The summed E-state index contributed by atoms with van der Waals surface area (Å²) in [4.78, 5) is 14.0. The molecule has 0 saturated carbocycles. The third-order valence-electron chi connectivity index (χ3n) is 2.60. The summed E-state index contributed by atoms with van der Waals surface area (Å²) in [6.45, 7) is 0.959. The van der Waals surface area contributed by atoms with Crippen LogP contribution in [-0.4, -0.2) is 57.2 Å². The van der Waals surface area contributed by atoms with Gasteiger partial charge >= 0.3 is 0 Å². The molecule has 0 spiro atoms. The molecule has 1 aromatic rings. The fourth-order valence-electron chi connectivity index (χ4n) is 1.51. The Morgan fingerprint density at radius 3 is 2.65 bits per heavy atom. The predicted molar refractivity (Wildman–Crippen MR) is 84.1 cm³/mol. The van der Waals surface area contributed by atoms with Crippen LogP contribution in [0.3, 0.4) is 0 Å². The van der Waals surface area contributed by atoms with Gasteiger partial charge < -0.3 is 19.7 Å². The summed E-state index contributed by atoms with van der Waals surface area (Å²) in [6.07, 6.45) is 0. The molecule has 0 aliphatic heterocycles. The van der Waals surface area contributed by atoms with Crippen molar-refractivity contribution >= 4 is 23.4 Å². The fraction of sp³-hybridized carbons (Fsp3) is 0.500. The summed E-state index contributed by atoms with van der Waals surface area (Å²) in [5.74, 6) is 2.61. The first-order chi connectivity index (χ1) is 9.56. The van der Waals surface area contributed by atoms with Crippen LogP contribution in [-0.2, 0) is 4.79 Å². The number of amides is 1. The third kappa shape index (κ3) is 5.71. The van der Waals surface area contributed by atoms with Crippen molar-refractivity contribution in [3.8, 4) is 11.5 Å². The van der Waals surface area contributed by atoms with Gasteiger partial charge in [-0.2, -0.15) is 11.8 Å². The van der Waals surface area contributed by atoms with Gasteiger partial charge in [0, 0.05) is 18.4 Å². The molecule has 1 rings (SSSR count). The Bertz CT molecular complexity index is 438. The molecule has 1 amide bonds. The van der Waals surface area contributed by atoms with Crippen molar-refractivity contribution in [2.75, 3.05) is 51.7 Å². The second kappa shape index (κ2) is 8.71. The van der Waals surface area contributed by atoms with Gasteiger partial charge in [0.2, 0.25) is 5.91 Å². The van der Waals surface area contributed by atoms with E-state index in [0.29, 0.717) is 22.9 Å². The number of methoxy groups -OCH3 is 2. The molecule has 0 fully saturated rings. The Morgan fingerprint density at radius 1 is 1.30 bits per heavy atom. The summed E-state index contributed by atoms with van der Waals surface area (Å²) < 4.78 is 10.4. The van der Waals surface area contributed by atoms with E-state index in [1.807, 2.05) is 14.1 Å². The van der Waals surface area contributed by atoms with E-state index < -0.39 is 0 Å². The van der Waals surface area contributed by atoms with Crippen molar-refractivity contribution < 1.29 is 14.3 Å². The first-order valence-electron chi connectivity index (χ1n) is 6.31. The Balaban J connectivity index is 2.52. The van der Waals surface area contributed by atoms with E-state index in [4.69, 9.17) is 9.47 Å². The molecule has 0 bridgehead atoms. The maximum atomic E-state index is 11.9. The third-order valence-corrected chi connectivity index (χ3v) is 3.53. The molecule has 1 aromatic carbocycles. The quantitative estimate of drug-likeness (QED) is 0.743. The van der Waals surface area contributed by atoms with Gasteiger partial charge in [0.15, 0.2) is 0 Å². The highest BCUT2D eigenvalue weighted by Gasteiger charge is 2.09. The summed E-state index contributed by atoms with van der Waals surface area (Å²) in [5, 5.41) is 2.85. The van der Waals surface area contributed by atoms with Crippen LogP contribution < -0.4 is 14.8 Å². The van der Waals surface area contributed by atoms with Gasteiger partial charge in [-0.05, 0) is 26.2 Å². The number of carbonyl (C=O) groups is 1. The summed E-state index contributed by atoms with van der Waals surface area (Å²) in [7, 11) is 7.19. The molecule has 0 aliphatic rings. The number of hydrogen-bond donors (Lipinski definition) is 1. The molecule has 0 saturated heterocycles. The number of nitrogens with zero attached hydrogens (tertiary/aromatic N) is 1. The van der Waals surface area contributed by atoms with Gasteiger partial charge in [0.25, 0.3) is 0 Å². The number of rotatable bonds is 8. The number of benzene rings is 1. The molecule has 0 radical (unpaired) electrons. The largest absolute Gasteiger partial charge is 0.497 e. The minimum Gasteiger partial charge on any atom is -0.497 e. The second-order valence-corrected chi connectivity index (χ2v) is 5.58. The first-order valence-corrected chi connectivity index (χ1v) is 7.46. The zero-order valence-electron chi connectivity index (χ0n) is 12.4. The zero-order valence-corrected chi connectivity index (χ0v) is 13.3. The topological polar surface area (TPSA) is 50.8 Å². The van der Waals surface area contributed by atoms with Gasteiger partial charge in [0.1, 0.15) is 11.5 Å². The van der Waals surface area contributed by atoms with Crippen molar-refractivity contribution in [2.45, 2.75) is 0 Å². The monoisotopic (exact) mass is 298 g/mol. The van der Waals surface area contributed by atoms with Crippen LogP contribution in [0.5, 0.6) is 11.5 Å². The maximum Gasteiger partial charge on any atom is 0.234 e. The number of carbonyl (C=O) groups excluding carboxylic acids is 1. The second-order valence-electron chi connectivity index (χ2n) is 4.47. The molecule has 0 heterocycles. The first kappa shape index (κ1) is 16.7. The van der Waals surface area contributed by atoms with Gasteiger partial charge in [-0.25, -0.2) is 0 Å². The van der Waals surface area contributed by atoms with Crippen molar-refractivity contribution in [1.82, 2.24) is 4.90 Å². The normalized spacial score (nSPS) is 10.4. The molecule has 0 atom stereocenters. The van der Waals surface area contributed by atoms with Gasteiger partial charge in [-0.1, -0.05) is 0 Å². The smallest absolute Gasteiger partial charge is 0.234 e. The van der Waals surface area contributed by atoms with E-state index >= 15 is 0 Å². The lowest BCUT2D eigenvalue weighted by atomic mass is 10.2. The van der Waals surface area contributed by atoms with Gasteiger partial charge in [-0.3, -0.25) is 4.79 Å². The van der Waals surface area contributed by atoms with Crippen LogP contribution in [0.15, 0.2) is 18.2 Å². The molecular weight excluding hydrogens is 276 g/mol. The van der Waals surface area contributed by atoms with Crippen molar-refractivity contribution in [2.24, 2.45) is 0 Å². The van der Waals surface area contributed by atoms with Gasteiger partial charge in [-0.15, -0.1) is 0 Å². The predicted octanol–water partition coefficient (Wildman–Crippen LogP) is 1.94. The Hall–Kier alpha value is -1.40. The summed E-state index contributed by atoms with van der Waals surface area (Å²) in [6, 6.07) is 5.31. The van der Waals surface area contributed by atoms with Crippen LogP contribution in [0.1, 0.15) is 0 Å². The lowest BCUT2D eigenvalue weighted by Crippen LogP contribution is -2.18. The van der Waals surface area contributed by atoms with Crippen molar-refractivity contribution in [1.29, 1.82) is 0 Å². The Morgan fingerprint density at radius 2 is 2.05 bits per heavy atom. The average Bonchev–Trinajstić information content (AvgIpc) is 2.43. The highest BCUT2D eigenvalue weighted by Crippen LogP contribution is 2.28. The van der Waals surface area contributed by atoms with E-state index in [1.165, 1.54) is 0 Å². The van der Waals surface area contributed by atoms with Crippen LogP contribution in [0.4, 0.5) is 5.69 Å². The molecule has 0 aromatic heterocycles. The lowest BCUT2D eigenvalue weighted by Gasteiger charge is -2.12. The van der Waals surface area contributed by atoms with E-state index in [1.54, 1.807) is 44.2 Å². The summed E-state index contributed by atoms with van der Waals surface area (Å²) in [5.41, 5.74) is 0.630. The SMILES string of the molecule is COc1ccc(OC)c(NC(=O)CSCCN(C)C)c1. The Kier molecular flexibility index (Phi) is 7.25. The Labute approximate surface area is 124 Å². The summed E-state index contributed by atoms with van der Waals surface area (Å²) >= 11 is 1.61. The minimum atomic E-state index is -0.0414. The number of nitrogens with one attached hydrogen (secondary N) is 1. The number of hydrogen-bond acceptors (Lipinski definition) is 5. The molecule has 20 heavy (non-hydrogen) atoms. The van der Waals surface area contributed by atoms with E-state index in [-0.39, 0.29) is 5.91 Å². The van der Waals surface area contributed by atoms with E-state index in [9.17, 15) is 4.79 Å². The molecule has 0 unspecified atom stereocenters. The highest BCUT2D eigenvalue weighted by molar-refractivity contribution is 7.99. The molecule has 5 nitrogen and oxygen atoms in total. The maximum absolute atomic E-state index is 11.9. The fourth-order valence-corrected chi connectivity index (χ4v) is 2.41. The van der Waals surface area contributed by atoms with Crippen molar-refractivity contribution in [3.05, 3.63) is 18.2 Å². The van der Waals surface area contributed by atoms with Crippen LogP contribution >= 0.6 is 11.8 Å². The highest BCUT2D eigenvalue weighted by atomic mass is 32.2.